The summed E-state index contributed by atoms with van der Waals surface area (Å²) in [7, 11) is 1.67. The van der Waals surface area contributed by atoms with E-state index in [1.165, 1.54) is 0 Å². The molecule has 1 aromatic heterocycles. The van der Waals surface area contributed by atoms with Crippen LogP contribution in [0.25, 0.3) is 0 Å². The second-order valence-corrected chi connectivity index (χ2v) is 8.61. The van der Waals surface area contributed by atoms with Crippen LogP contribution in [0.5, 0.6) is 5.75 Å². The van der Waals surface area contributed by atoms with Crippen LogP contribution in [0, 0.1) is 19.8 Å². The number of piperidine rings is 1. The normalized spacial score (nSPS) is 19.5. The van der Waals surface area contributed by atoms with Crippen LogP contribution in [0.4, 0.5) is 5.69 Å². The van der Waals surface area contributed by atoms with Crippen molar-refractivity contribution in [3.63, 3.8) is 0 Å². The molecule has 1 aromatic carbocycles. The Labute approximate surface area is 184 Å². The molecule has 2 aromatic rings. The number of hydrogen-bond donors (Lipinski definition) is 1. The lowest BCUT2D eigenvalue weighted by atomic mass is 9.95. The average molecular weight is 425 g/mol. The number of aromatic nitrogens is 1. The quantitative estimate of drug-likeness (QED) is 0.820. The zero-order valence-electron chi connectivity index (χ0n) is 18.7. The highest BCUT2D eigenvalue weighted by molar-refractivity contribution is 5.94. The number of methoxy groups -OCH3 is 1. The fourth-order valence-electron chi connectivity index (χ4n) is 4.71. The van der Waals surface area contributed by atoms with Gasteiger partial charge in [0.05, 0.1) is 13.0 Å². The summed E-state index contributed by atoms with van der Waals surface area (Å²) in [6.07, 6.45) is 1.72. The van der Waals surface area contributed by atoms with Gasteiger partial charge in [-0.15, -0.1) is 0 Å². The number of rotatable bonds is 4. The highest BCUT2D eigenvalue weighted by atomic mass is 16.5. The van der Waals surface area contributed by atoms with Gasteiger partial charge in [-0.1, -0.05) is 0 Å². The van der Waals surface area contributed by atoms with Crippen LogP contribution in [0.2, 0.25) is 0 Å². The Morgan fingerprint density at radius 2 is 1.71 bits per heavy atom. The van der Waals surface area contributed by atoms with E-state index in [0.29, 0.717) is 31.9 Å². The van der Waals surface area contributed by atoms with E-state index in [-0.39, 0.29) is 17.7 Å². The van der Waals surface area contributed by atoms with Crippen molar-refractivity contribution in [2.75, 3.05) is 51.3 Å². The summed E-state index contributed by atoms with van der Waals surface area (Å²) in [6.45, 7) is 8.18. The Morgan fingerprint density at radius 3 is 2.32 bits per heavy atom. The number of aromatic amines is 1. The number of anilines is 1. The van der Waals surface area contributed by atoms with E-state index in [1.54, 1.807) is 7.11 Å². The third-order valence-electron chi connectivity index (χ3n) is 6.45. The molecule has 7 nitrogen and oxygen atoms in total. The minimum Gasteiger partial charge on any atom is -0.497 e. The minimum absolute atomic E-state index is 0.00688. The van der Waals surface area contributed by atoms with Crippen LogP contribution >= 0.6 is 0 Å². The zero-order chi connectivity index (χ0) is 22.0. The number of carbonyl (C=O) groups excluding carboxylic acids is 2. The Hall–Kier alpha value is -2.96. The van der Waals surface area contributed by atoms with Crippen LogP contribution in [0.1, 0.15) is 34.6 Å². The third kappa shape index (κ3) is 4.55. The highest BCUT2D eigenvalue weighted by Crippen LogP contribution is 2.24. The van der Waals surface area contributed by atoms with Gasteiger partial charge in [0.15, 0.2) is 0 Å². The topological polar surface area (TPSA) is 68.9 Å². The molecule has 0 spiro atoms. The maximum absolute atomic E-state index is 13.2. The number of benzene rings is 1. The molecule has 2 amide bonds. The first-order chi connectivity index (χ1) is 15.0. The molecule has 31 heavy (non-hydrogen) atoms. The molecule has 0 aliphatic carbocycles. The summed E-state index contributed by atoms with van der Waals surface area (Å²) in [6, 6.07) is 10.0. The molecule has 2 fully saturated rings. The number of H-pyrrole nitrogens is 1. The number of piperazine rings is 1. The van der Waals surface area contributed by atoms with Crippen molar-refractivity contribution in [3.05, 3.63) is 47.3 Å². The summed E-state index contributed by atoms with van der Waals surface area (Å²) in [5, 5.41) is 0. The molecule has 7 heteroatoms. The predicted molar refractivity (Wildman–Crippen MR) is 121 cm³/mol. The van der Waals surface area contributed by atoms with E-state index in [2.05, 4.69) is 22.0 Å². The molecule has 0 unspecified atom stereocenters. The monoisotopic (exact) mass is 424 g/mol. The largest absolute Gasteiger partial charge is 0.497 e. The second kappa shape index (κ2) is 9.04. The van der Waals surface area contributed by atoms with Gasteiger partial charge in [-0.25, -0.2) is 0 Å². The first-order valence-electron chi connectivity index (χ1n) is 11.1. The Bertz CT molecular complexity index is 929. The van der Waals surface area contributed by atoms with E-state index >= 15 is 0 Å². The number of nitrogens with one attached hydrogen (secondary N) is 1. The molecule has 4 rings (SSSR count). The van der Waals surface area contributed by atoms with E-state index in [4.69, 9.17) is 4.74 Å². The summed E-state index contributed by atoms with van der Waals surface area (Å²) in [5.41, 5.74) is 3.75. The maximum Gasteiger partial charge on any atom is 0.270 e. The van der Waals surface area contributed by atoms with Crippen molar-refractivity contribution in [2.45, 2.75) is 26.7 Å². The molecular formula is C24H32N4O3. The molecule has 2 aliphatic heterocycles. The molecule has 2 aliphatic rings. The van der Waals surface area contributed by atoms with E-state index < -0.39 is 0 Å². The molecule has 0 bridgehead atoms. The molecule has 166 valence electrons. The summed E-state index contributed by atoms with van der Waals surface area (Å²) < 4.78 is 5.23. The molecular weight excluding hydrogens is 392 g/mol. The second-order valence-electron chi connectivity index (χ2n) is 8.61. The van der Waals surface area contributed by atoms with Gasteiger partial charge in [-0.05, 0) is 62.6 Å². The zero-order valence-corrected chi connectivity index (χ0v) is 18.7. The van der Waals surface area contributed by atoms with Crippen molar-refractivity contribution in [1.29, 1.82) is 0 Å². The van der Waals surface area contributed by atoms with E-state index in [0.717, 1.165) is 48.6 Å². The minimum atomic E-state index is -0.110. The number of nitrogens with zero attached hydrogens (tertiary/aromatic N) is 3. The number of ether oxygens (including phenoxy) is 1. The van der Waals surface area contributed by atoms with Gasteiger partial charge < -0.3 is 24.4 Å². The van der Waals surface area contributed by atoms with Crippen molar-refractivity contribution >= 4 is 17.5 Å². The molecule has 2 saturated heterocycles. The number of amides is 2. The summed E-state index contributed by atoms with van der Waals surface area (Å²) in [4.78, 5) is 35.5. The van der Waals surface area contributed by atoms with Crippen molar-refractivity contribution in [1.82, 2.24) is 14.8 Å². The van der Waals surface area contributed by atoms with Gasteiger partial charge in [0, 0.05) is 50.6 Å². The van der Waals surface area contributed by atoms with Crippen molar-refractivity contribution < 1.29 is 14.3 Å². The third-order valence-corrected chi connectivity index (χ3v) is 6.45. The highest BCUT2D eigenvalue weighted by Gasteiger charge is 2.33. The molecule has 1 N–H and O–H groups in total. The lowest BCUT2D eigenvalue weighted by molar-refractivity contribution is -0.137. The van der Waals surface area contributed by atoms with Gasteiger partial charge in [-0.2, -0.15) is 0 Å². The van der Waals surface area contributed by atoms with Crippen LogP contribution in [-0.4, -0.2) is 73.0 Å². The van der Waals surface area contributed by atoms with Crippen LogP contribution in [0.15, 0.2) is 30.3 Å². The smallest absolute Gasteiger partial charge is 0.270 e. The number of aryl methyl sites for hydroxylation is 2. The Morgan fingerprint density at radius 1 is 1.00 bits per heavy atom. The molecule has 0 saturated carbocycles. The molecule has 3 heterocycles. The first-order valence-corrected chi connectivity index (χ1v) is 11.1. The first kappa shape index (κ1) is 21.3. The Balaban J connectivity index is 1.34. The average Bonchev–Trinajstić information content (AvgIpc) is 3.16. The Kier molecular flexibility index (Phi) is 6.20. The fourth-order valence-corrected chi connectivity index (χ4v) is 4.71. The van der Waals surface area contributed by atoms with Crippen molar-refractivity contribution in [2.24, 2.45) is 5.92 Å². The van der Waals surface area contributed by atoms with Gasteiger partial charge in [0.25, 0.3) is 5.91 Å². The number of hydrogen-bond acceptors (Lipinski definition) is 4. The summed E-state index contributed by atoms with van der Waals surface area (Å²) >= 11 is 0. The lowest BCUT2D eigenvalue weighted by Gasteiger charge is -2.39. The van der Waals surface area contributed by atoms with Crippen LogP contribution in [-0.2, 0) is 4.79 Å². The van der Waals surface area contributed by atoms with Crippen LogP contribution in [0.3, 0.4) is 0 Å². The van der Waals surface area contributed by atoms with Gasteiger partial charge >= 0.3 is 0 Å². The number of likely N-dealkylation sites (tertiary alicyclic amines) is 1. The van der Waals surface area contributed by atoms with Crippen molar-refractivity contribution in [3.8, 4) is 5.75 Å². The van der Waals surface area contributed by atoms with Gasteiger partial charge in [-0.3, -0.25) is 9.59 Å². The van der Waals surface area contributed by atoms with Crippen LogP contribution < -0.4 is 9.64 Å². The molecule has 0 radical (unpaired) electrons. The molecule has 1 atom stereocenters. The van der Waals surface area contributed by atoms with E-state index in [9.17, 15) is 9.59 Å². The van der Waals surface area contributed by atoms with Gasteiger partial charge in [0.1, 0.15) is 11.4 Å². The fraction of sp³-hybridized carbons (Fsp3) is 0.500. The standard InChI is InChI=1S/C24H32N4O3/c1-17-15-18(2)25-22(17)24(30)28-10-4-5-19(16-28)23(29)27-13-11-26(12-14-27)20-6-8-21(31-3)9-7-20/h6-9,15,19,25H,4-5,10-14,16H2,1-3H3/t19-/m0/s1. The predicted octanol–water partition coefficient (Wildman–Crippen LogP) is 2.84. The van der Waals surface area contributed by atoms with E-state index in [1.807, 2.05) is 41.8 Å². The van der Waals surface area contributed by atoms with Gasteiger partial charge in [0.2, 0.25) is 5.91 Å². The number of carbonyl (C=O) groups is 2. The SMILES string of the molecule is COc1ccc(N2CCN(C(=O)[C@H]3CCCN(C(=O)c4[nH]c(C)cc4C)C3)CC2)cc1. The maximum atomic E-state index is 13.2. The summed E-state index contributed by atoms with van der Waals surface area (Å²) in [5.74, 6) is 0.930. The lowest BCUT2D eigenvalue weighted by Crippen LogP contribution is -2.53.